The summed E-state index contributed by atoms with van der Waals surface area (Å²) in [5, 5.41) is 7.49. The van der Waals surface area contributed by atoms with Gasteiger partial charge in [0.25, 0.3) is 0 Å². The highest BCUT2D eigenvalue weighted by atomic mass is 19.3. The van der Waals surface area contributed by atoms with Crippen molar-refractivity contribution in [1.29, 1.82) is 0 Å². The van der Waals surface area contributed by atoms with E-state index in [2.05, 4.69) is 24.9 Å². The third kappa shape index (κ3) is 3.96. The van der Waals surface area contributed by atoms with Crippen LogP contribution in [0.3, 0.4) is 0 Å². The van der Waals surface area contributed by atoms with Crippen LogP contribution in [0.15, 0.2) is 42.6 Å². The van der Waals surface area contributed by atoms with Crippen LogP contribution in [0.4, 0.5) is 20.3 Å². The van der Waals surface area contributed by atoms with Crippen LogP contribution in [0.2, 0.25) is 0 Å². The Morgan fingerprint density at radius 1 is 1.21 bits per heavy atom. The summed E-state index contributed by atoms with van der Waals surface area (Å²) in [6.07, 6.45) is -2.05. The highest BCUT2D eigenvalue weighted by Crippen LogP contribution is 2.42. The van der Waals surface area contributed by atoms with Gasteiger partial charge in [0, 0.05) is 29.7 Å². The first-order valence-corrected chi connectivity index (χ1v) is 8.59. The molecule has 8 nitrogen and oxygen atoms in total. The molecule has 0 unspecified atom stereocenters. The summed E-state index contributed by atoms with van der Waals surface area (Å²) >= 11 is 0. The number of halogens is 2. The summed E-state index contributed by atoms with van der Waals surface area (Å²) in [7, 11) is 1.31. The number of nitrogens with one attached hydrogen (secondary N) is 1. The van der Waals surface area contributed by atoms with Gasteiger partial charge < -0.3 is 19.5 Å². The topological polar surface area (TPSA) is 87.5 Å². The van der Waals surface area contributed by atoms with E-state index < -0.39 is 12.3 Å². The molecule has 1 aliphatic rings. The summed E-state index contributed by atoms with van der Waals surface area (Å²) in [4.78, 5) is 15.9. The van der Waals surface area contributed by atoms with Crippen molar-refractivity contribution in [3.8, 4) is 17.2 Å². The first kappa shape index (κ1) is 18.7. The Morgan fingerprint density at radius 3 is 2.76 bits per heavy atom. The first-order valence-electron chi connectivity index (χ1n) is 8.59. The molecule has 10 heteroatoms. The Kier molecular flexibility index (Phi) is 4.53. The summed E-state index contributed by atoms with van der Waals surface area (Å²) in [6, 6.07) is 9.56. The van der Waals surface area contributed by atoms with Crippen molar-refractivity contribution in [2.24, 2.45) is 0 Å². The number of aromatic nitrogens is 3. The third-order valence-electron chi connectivity index (χ3n) is 4.13. The SMILES string of the molecule is COC(=O)Cc1cc(Nc2ccc3c(c2)OC(F)(F)O3)nn1-c1ccnc(C)c1. The van der Waals surface area contributed by atoms with E-state index in [4.69, 9.17) is 4.74 Å². The largest absolute Gasteiger partial charge is 0.586 e. The maximum absolute atomic E-state index is 13.2. The smallest absolute Gasteiger partial charge is 0.469 e. The van der Waals surface area contributed by atoms with Crippen molar-refractivity contribution in [3.63, 3.8) is 0 Å². The number of fused-ring (bicyclic) bond motifs is 1. The Bertz CT molecular complexity index is 1080. The van der Waals surface area contributed by atoms with Gasteiger partial charge in [-0.1, -0.05) is 0 Å². The zero-order valence-corrected chi connectivity index (χ0v) is 15.5. The number of nitrogens with zero attached hydrogens (tertiary/aromatic N) is 3. The van der Waals surface area contributed by atoms with Crippen molar-refractivity contribution in [2.75, 3.05) is 12.4 Å². The molecule has 4 rings (SSSR count). The molecule has 1 N–H and O–H groups in total. The molecule has 29 heavy (non-hydrogen) atoms. The summed E-state index contributed by atoms with van der Waals surface area (Å²) < 4.78 is 41.6. The summed E-state index contributed by atoms with van der Waals surface area (Å²) in [6.45, 7) is 1.84. The lowest BCUT2D eigenvalue weighted by atomic mass is 10.2. The van der Waals surface area contributed by atoms with Gasteiger partial charge in [0.05, 0.1) is 24.9 Å². The molecule has 2 aromatic heterocycles. The molecule has 0 saturated heterocycles. The van der Waals surface area contributed by atoms with Gasteiger partial charge >= 0.3 is 12.3 Å². The monoisotopic (exact) mass is 402 g/mol. The molecule has 0 radical (unpaired) electrons. The van der Waals surface area contributed by atoms with Gasteiger partial charge in [0.2, 0.25) is 0 Å². The van der Waals surface area contributed by atoms with Gasteiger partial charge in [-0.2, -0.15) is 0 Å². The average molecular weight is 402 g/mol. The van der Waals surface area contributed by atoms with Gasteiger partial charge in [-0.3, -0.25) is 9.78 Å². The molecule has 3 heterocycles. The molecule has 1 aliphatic heterocycles. The maximum atomic E-state index is 13.2. The molecule has 0 atom stereocenters. The highest BCUT2D eigenvalue weighted by Gasteiger charge is 2.43. The van der Waals surface area contributed by atoms with E-state index in [1.165, 1.54) is 19.2 Å². The number of aryl methyl sites for hydroxylation is 1. The Hall–Kier alpha value is -3.69. The van der Waals surface area contributed by atoms with Crippen molar-refractivity contribution < 1.29 is 27.8 Å². The highest BCUT2D eigenvalue weighted by molar-refractivity contribution is 5.73. The number of ether oxygens (including phenoxy) is 3. The fraction of sp³-hybridized carbons (Fsp3) is 0.211. The standard InChI is InChI=1S/C19H16F2N4O4/c1-11-7-13(5-6-22-11)25-14(10-18(26)27-2)9-17(24-25)23-12-3-4-15-16(8-12)29-19(20,21)28-15/h3-9H,10H2,1-2H3,(H,23,24). The minimum absolute atomic E-state index is 0.0000874. The third-order valence-corrected chi connectivity index (χ3v) is 4.13. The number of hydrogen-bond acceptors (Lipinski definition) is 7. The minimum atomic E-state index is -3.69. The Balaban J connectivity index is 1.65. The maximum Gasteiger partial charge on any atom is 0.586 e. The molecular weight excluding hydrogens is 386 g/mol. The van der Waals surface area contributed by atoms with E-state index >= 15 is 0 Å². The van der Waals surface area contributed by atoms with E-state index in [0.717, 1.165) is 11.4 Å². The van der Waals surface area contributed by atoms with Crippen LogP contribution in [0, 0.1) is 6.92 Å². The molecule has 0 aliphatic carbocycles. The second-order valence-electron chi connectivity index (χ2n) is 6.30. The van der Waals surface area contributed by atoms with Crippen LogP contribution >= 0.6 is 0 Å². The summed E-state index contributed by atoms with van der Waals surface area (Å²) in [5.41, 5.74) is 2.55. The van der Waals surface area contributed by atoms with Crippen LogP contribution < -0.4 is 14.8 Å². The molecule has 0 spiro atoms. The second-order valence-corrected chi connectivity index (χ2v) is 6.30. The molecular formula is C19H16F2N4O4. The Morgan fingerprint density at radius 2 is 2.00 bits per heavy atom. The molecule has 0 amide bonds. The molecule has 1 aromatic carbocycles. The van der Waals surface area contributed by atoms with Gasteiger partial charge in [0.1, 0.15) is 0 Å². The number of anilines is 2. The fourth-order valence-corrected chi connectivity index (χ4v) is 2.89. The lowest BCUT2D eigenvalue weighted by Crippen LogP contribution is -2.25. The number of alkyl halides is 2. The molecule has 0 fully saturated rings. The number of methoxy groups -OCH3 is 1. The van der Waals surface area contributed by atoms with E-state index in [-0.39, 0.29) is 17.9 Å². The molecule has 3 aromatic rings. The number of esters is 1. The predicted octanol–water partition coefficient (Wildman–Crippen LogP) is 3.36. The van der Waals surface area contributed by atoms with E-state index in [1.807, 2.05) is 13.0 Å². The van der Waals surface area contributed by atoms with Gasteiger partial charge in [-0.15, -0.1) is 13.9 Å². The van der Waals surface area contributed by atoms with Crippen molar-refractivity contribution in [1.82, 2.24) is 14.8 Å². The fourth-order valence-electron chi connectivity index (χ4n) is 2.89. The number of benzene rings is 1. The van der Waals surface area contributed by atoms with Gasteiger partial charge in [0.15, 0.2) is 17.3 Å². The van der Waals surface area contributed by atoms with Crippen LogP contribution in [0.5, 0.6) is 11.5 Å². The number of carbonyl (C=O) groups excluding carboxylic acids is 1. The predicted molar refractivity (Wildman–Crippen MR) is 97.7 cm³/mol. The van der Waals surface area contributed by atoms with Crippen molar-refractivity contribution >= 4 is 17.5 Å². The number of pyridine rings is 1. The minimum Gasteiger partial charge on any atom is -0.469 e. The first-order chi connectivity index (χ1) is 13.8. The second kappa shape index (κ2) is 7.04. The lowest BCUT2D eigenvalue weighted by Gasteiger charge is -2.07. The van der Waals surface area contributed by atoms with Crippen molar-refractivity contribution in [3.05, 3.63) is 54.0 Å². The normalized spacial score (nSPS) is 13.9. The number of rotatable bonds is 5. The molecule has 150 valence electrons. The summed E-state index contributed by atoms with van der Waals surface area (Å²) in [5.74, 6) is -0.151. The van der Waals surface area contributed by atoms with Gasteiger partial charge in [-0.05, 0) is 31.2 Å². The zero-order valence-electron chi connectivity index (χ0n) is 15.5. The van der Waals surface area contributed by atoms with Crippen LogP contribution in [-0.4, -0.2) is 34.1 Å². The quantitative estimate of drug-likeness (QED) is 0.655. The van der Waals surface area contributed by atoms with E-state index in [1.54, 1.807) is 29.1 Å². The van der Waals surface area contributed by atoms with E-state index in [9.17, 15) is 13.6 Å². The Labute approximate surface area is 164 Å². The number of hydrogen-bond donors (Lipinski definition) is 1. The van der Waals surface area contributed by atoms with Crippen molar-refractivity contribution in [2.45, 2.75) is 19.6 Å². The lowest BCUT2D eigenvalue weighted by molar-refractivity contribution is -0.286. The van der Waals surface area contributed by atoms with Crippen LogP contribution in [0.25, 0.3) is 5.69 Å². The van der Waals surface area contributed by atoms with Crippen LogP contribution in [0.1, 0.15) is 11.4 Å². The molecule has 0 bridgehead atoms. The zero-order chi connectivity index (χ0) is 20.6. The number of carbonyl (C=O) groups is 1. The van der Waals surface area contributed by atoms with Gasteiger partial charge in [-0.25, -0.2) is 4.68 Å². The molecule has 0 saturated carbocycles. The van der Waals surface area contributed by atoms with Crippen LogP contribution in [-0.2, 0) is 16.0 Å². The average Bonchev–Trinajstić information content (AvgIpc) is 3.19. The van der Waals surface area contributed by atoms with E-state index in [0.29, 0.717) is 17.2 Å².